The van der Waals surface area contributed by atoms with Gasteiger partial charge in [0.25, 0.3) is 0 Å². The molecule has 1 heterocycles. The summed E-state index contributed by atoms with van der Waals surface area (Å²) < 4.78 is 29.3. The number of aliphatic imine (C=N–C) groups is 1. The third kappa shape index (κ3) is 1.68. The van der Waals surface area contributed by atoms with Gasteiger partial charge in [0, 0.05) is 10.0 Å². The van der Waals surface area contributed by atoms with Gasteiger partial charge in [0.05, 0.1) is 11.3 Å². The van der Waals surface area contributed by atoms with E-state index in [-0.39, 0.29) is 11.3 Å². The molecular weight excluding hydrogens is 300 g/mol. The molecule has 1 nitrogen and oxygen atoms in total. The predicted molar refractivity (Wildman–Crippen MR) is 70.7 cm³/mol. The molecule has 4 heteroatoms. The van der Waals surface area contributed by atoms with Crippen molar-refractivity contribution in [3.05, 3.63) is 64.1 Å². The summed E-state index contributed by atoms with van der Waals surface area (Å²) in [5.74, 6) is -3.03. The van der Waals surface area contributed by atoms with Crippen LogP contribution in [0.25, 0.3) is 0 Å². The Morgan fingerprint density at radius 3 is 2.50 bits per heavy atom. The van der Waals surface area contributed by atoms with E-state index in [1.165, 1.54) is 6.07 Å². The number of benzene rings is 2. The largest absolute Gasteiger partial charge is 0.317 e. The Morgan fingerprint density at radius 2 is 1.78 bits per heavy atom. The van der Waals surface area contributed by atoms with Crippen molar-refractivity contribution in [1.29, 1.82) is 0 Å². The van der Waals surface area contributed by atoms with E-state index in [2.05, 4.69) is 20.9 Å². The summed E-state index contributed by atoms with van der Waals surface area (Å²) in [6.07, 6.45) is 0. The molecule has 0 spiro atoms. The molecule has 1 aliphatic rings. The molecule has 0 amide bonds. The van der Waals surface area contributed by atoms with Crippen LogP contribution in [0.4, 0.5) is 14.5 Å². The average Bonchev–Trinajstić information content (AvgIpc) is 2.62. The summed E-state index contributed by atoms with van der Waals surface area (Å²) in [4.78, 5) is 4.06. The molecule has 2 aromatic carbocycles. The van der Waals surface area contributed by atoms with Gasteiger partial charge in [0.1, 0.15) is 5.71 Å². The van der Waals surface area contributed by atoms with E-state index in [1.54, 1.807) is 42.5 Å². The molecule has 0 bridgehead atoms. The van der Waals surface area contributed by atoms with E-state index in [0.717, 1.165) is 4.47 Å². The van der Waals surface area contributed by atoms with Crippen molar-refractivity contribution in [1.82, 2.24) is 0 Å². The zero-order valence-corrected chi connectivity index (χ0v) is 10.8. The van der Waals surface area contributed by atoms with Gasteiger partial charge in [-0.15, -0.1) is 0 Å². The minimum absolute atomic E-state index is 0.0278. The fourth-order valence-electron chi connectivity index (χ4n) is 2.04. The molecule has 0 saturated carbocycles. The smallest absolute Gasteiger partial charge is 0.246 e. The number of hydrogen-bond donors (Lipinski definition) is 0. The number of para-hydroxylation sites is 1. The van der Waals surface area contributed by atoms with Gasteiger partial charge in [0.15, 0.2) is 0 Å². The zero-order chi connectivity index (χ0) is 12.8. The molecule has 0 fully saturated rings. The van der Waals surface area contributed by atoms with Crippen molar-refractivity contribution in [3.8, 4) is 0 Å². The molecule has 0 saturated heterocycles. The first kappa shape index (κ1) is 11.5. The third-order valence-electron chi connectivity index (χ3n) is 2.87. The zero-order valence-electron chi connectivity index (χ0n) is 9.20. The van der Waals surface area contributed by atoms with Gasteiger partial charge in [-0.2, -0.15) is 8.78 Å². The lowest BCUT2D eigenvalue weighted by Crippen LogP contribution is -2.23. The minimum Gasteiger partial charge on any atom is -0.246 e. The summed E-state index contributed by atoms with van der Waals surface area (Å²) in [6.45, 7) is 0. The van der Waals surface area contributed by atoms with Crippen molar-refractivity contribution >= 4 is 27.3 Å². The van der Waals surface area contributed by atoms with Gasteiger partial charge in [0.2, 0.25) is 0 Å². The van der Waals surface area contributed by atoms with Gasteiger partial charge >= 0.3 is 5.92 Å². The lowest BCUT2D eigenvalue weighted by molar-refractivity contribution is 0.0810. The van der Waals surface area contributed by atoms with Crippen LogP contribution in [0.1, 0.15) is 11.1 Å². The Labute approximate surface area is 111 Å². The van der Waals surface area contributed by atoms with Crippen molar-refractivity contribution in [3.63, 3.8) is 0 Å². The van der Waals surface area contributed by atoms with Crippen molar-refractivity contribution in [2.45, 2.75) is 5.92 Å². The van der Waals surface area contributed by atoms with Crippen LogP contribution in [0.3, 0.4) is 0 Å². The van der Waals surface area contributed by atoms with E-state index < -0.39 is 5.92 Å². The maximum Gasteiger partial charge on any atom is 0.317 e. The predicted octanol–water partition coefficient (Wildman–Crippen LogP) is 4.68. The molecule has 2 aromatic rings. The van der Waals surface area contributed by atoms with Gasteiger partial charge in [-0.1, -0.05) is 46.3 Å². The number of halogens is 3. The van der Waals surface area contributed by atoms with E-state index >= 15 is 0 Å². The van der Waals surface area contributed by atoms with Crippen molar-refractivity contribution in [2.24, 2.45) is 4.99 Å². The highest BCUT2D eigenvalue weighted by Crippen LogP contribution is 2.44. The SMILES string of the molecule is FC1(F)C(c2cccc(Br)c2)=Nc2ccccc21. The Kier molecular flexibility index (Phi) is 2.55. The Morgan fingerprint density at radius 1 is 1.00 bits per heavy atom. The summed E-state index contributed by atoms with van der Waals surface area (Å²) in [6, 6.07) is 13.2. The second-order valence-electron chi connectivity index (χ2n) is 4.06. The Balaban J connectivity index is 2.16. The van der Waals surface area contributed by atoms with Crippen LogP contribution in [0.2, 0.25) is 0 Å². The van der Waals surface area contributed by atoms with E-state index in [1.807, 2.05) is 0 Å². The van der Waals surface area contributed by atoms with Crippen LogP contribution in [0.15, 0.2) is 58.0 Å². The van der Waals surface area contributed by atoms with Gasteiger partial charge in [-0.05, 0) is 18.2 Å². The topological polar surface area (TPSA) is 12.4 Å². The lowest BCUT2D eigenvalue weighted by Gasteiger charge is -2.13. The molecule has 0 radical (unpaired) electrons. The third-order valence-corrected chi connectivity index (χ3v) is 3.36. The first-order chi connectivity index (χ1) is 8.59. The molecule has 0 unspecified atom stereocenters. The van der Waals surface area contributed by atoms with Crippen molar-refractivity contribution in [2.75, 3.05) is 0 Å². The molecule has 18 heavy (non-hydrogen) atoms. The Bertz CT molecular complexity index is 650. The van der Waals surface area contributed by atoms with Gasteiger partial charge < -0.3 is 0 Å². The summed E-state index contributed by atoms with van der Waals surface area (Å²) in [5.41, 5.74) is 0.563. The highest BCUT2D eigenvalue weighted by Gasteiger charge is 2.45. The summed E-state index contributed by atoms with van der Waals surface area (Å²) in [7, 11) is 0. The van der Waals surface area contributed by atoms with Crippen molar-refractivity contribution < 1.29 is 8.78 Å². The highest BCUT2D eigenvalue weighted by atomic mass is 79.9. The quantitative estimate of drug-likeness (QED) is 0.725. The summed E-state index contributed by atoms with van der Waals surface area (Å²) >= 11 is 3.28. The molecule has 0 aliphatic carbocycles. The van der Waals surface area contributed by atoms with Gasteiger partial charge in [-0.25, -0.2) is 4.99 Å². The fourth-order valence-corrected chi connectivity index (χ4v) is 2.44. The number of rotatable bonds is 1. The number of alkyl halides is 2. The van der Waals surface area contributed by atoms with Crippen LogP contribution < -0.4 is 0 Å². The van der Waals surface area contributed by atoms with Crippen LogP contribution in [-0.4, -0.2) is 5.71 Å². The number of hydrogen-bond acceptors (Lipinski definition) is 1. The number of fused-ring (bicyclic) bond motifs is 1. The van der Waals surface area contributed by atoms with Crippen LogP contribution >= 0.6 is 15.9 Å². The molecule has 3 rings (SSSR count). The first-order valence-corrected chi connectivity index (χ1v) is 6.21. The first-order valence-electron chi connectivity index (χ1n) is 5.41. The molecule has 1 aliphatic heterocycles. The molecule has 0 aromatic heterocycles. The van der Waals surface area contributed by atoms with E-state index in [0.29, 0.717) is 11.3 Å². The standard InChI is InChI=1S/C14H8BrF2N/c15-10-5-3-4-9(8-10)13-14(16,17)11-6-1-2-7-12(11)18-13/h1-8H. The molecule has 0 N–H and O–H groups in total. The molecule has 0 atom stereocenters. The maximum atomic E-state index is 14.3. The van der Waals surface area contributed by atoms with Crippen LogP contribution in [0.5, 0.6) is 0 Å². The Hall–Kier alpha value is -1.55. The second kappa shape index (κ2) is 3.99. The van der Waals surface area contributed by atoms with Gasteiger partial charge in [-0.3, -0.25) is 0 Å². The number of nitrogens with zero attached hydrogens (tertiary/aromatic N) is 1. The van der Waals surface area contributed by atoms with E-state index in [9.17, 15) is 8.78 Å². The lowest BCUT2D eigenvalue weighted by atomic mass is 10.0. The monoisotopic (exact) mass is 307 g/mol. The van der Waals surface area contributed by atoms with Crippen LogP contribution in [0, 0.1) is 0 Å². The maximum absolute atomic E-state index is 14.3. The van der Waals surface area contributed by atoms with E-state index in [4.69, 9.17) is 0 Å². The molecule has 90 valence electrons. The van der Waals surface area contributed by atoms with Crippen LogP contribution in [-0.2, 0) is 5.92 Å². The second-order valence-corrected chi connectivity index (χ2v) is 4.98. The minimum atomic E-state index is -3.03. The molecular formula is C14H8BrF2N. The fraction of sp³-hybridized carbons (Fsp3) is 0.0714. The highest BCUT2D eigenvalue weighted by molar-refractivity contribution is 9.10. The summed E-state index contributed by atoms with van der Waals surface area (Å²) in [5, 5.41) is 0. The average molecular weight is 308 g/mol. The normalized spacial score (nSPS) is 16.3.